The molecule has 2 rings (SSSR count). The normalized spacial score (nSPS) is 33.5. The van der Waals surface area contributed by atoms with Gasteiger partial charge in [-0.3, -0.25) is 20.3 Å². The number of nitrogens with zero attached hydrogens (tertiary/aromatic N) is 3. The maximum absolute atomic E-state index is 10.7. The molecule has 0 radical (unpaired) electrons. The van der Waals surface area contributed by atoms with Crippen LogP contribution in [0.2, 0.25) is 0 Å². The molecular formula is C12H24N4O3. The van der Waals surface area contributed by atoms with Crippen LogP contribution in [0.3, 0.4) is 0 Å². The zero-order valence-corrected chi connectivity index (χ0v) is 11.7. The third-order valence-corrected chi connectivity index (χ3v) is 3.87. The number of rotatable bonds is 4. The molecular weight excluding hydrogens is 248 g/mol. The van der Waals surface area contributed by atoms with Gasteiger partial charge in [-0.15, -0.1) is 0 Å². The minimum atomic E-state index is -0.560. The first kappa shape index (κ1) is 14.6. The molecule has 2 saturated heterocycles. The van der Waals surface area contributed by atoms with Gasteiger partial charge >= 0.3 is 0 Å². The van der Waals surface area contributed by atoms with Gasteiger partial charge in [-0.1, -0.05) is 0 Å². The number of ether oxygens (including phenoxy) is 1. The van der Waals surface area contributed by atoms with Crippen molar-refractivity contribution in [2.75, 3.05) is 46.9 Å². The van der Waals surface area contributed by atoms with Gasteiger partial charge in [0.15, 0.2) is 0 Å². The Bertz CT molecular complexity index is 305. The summed E-state index contributed by atoms with van der Waals surface area (Å²) in [5, 5.41) is 13.7. The Kier molecular flexibility index (Phi) is 5.09. The first-order chi connectivity index (χ1) is 9.06. The molecule has 110 valence electrons. The van der Waals surface area contributed by atoms with Crippen molar-refractivity contribution in [3.63, 3.8) is 0 Å². The summed E-state index contributed by atoms with van der Waals surface area (Å²) in [4.78, 5) is 15.0. The minimum absolute atomic E-state index is 0.218. The lowest BCUT2D eigenvalue weighted by Crippen LogP contribution is -2.57. The van der Waals surface area contributed by atoms with Crippen molar-refractivity contribution in [2.24, 2.45) is 0 Å². The van der Waals surface area contributed by atoms with Crippen LogP contribution in [-0.2, 0) is 4.74 Å². The van der Waals surface area contributed by atoms with Crippen LogP contribution >= 0.6 is 0 Å². The van der Waals surface area contributed by atoms with Crippen molar-refractivity contribution in [3.8, 4) is 0 Å². The molecule has 2 fully saturated rings. The maximum Gasteiger partial charge on any atom is 0.266 e. The number of likely N-dealkylation sites (N-methyl/N-ethyl adjacent to an activating group) is 1. The standard InChI is InChI=1S/C12H24N4O3/c1-14(2)8-11-9-15(5-6-19-11)10-3-4-12(13-7-10)16(17)18/h10-13H,3-9H2,1-2H3. The summed E-state index contributed by atoms with van der Waals surface area (Å²) >= 11 is 0. The topological polar surface area (TPSA) is 70.9 Å². The van der Waals surface area contributed by atoms with E-state index in [9.17, 15) is 10.1 Å². The fourth-order valence-corrected chi connectivity index (χ4v) is 2.91. The van der Waals surface area contributed by atoms with Crippen molar-refractivity contribution >= 4 is 0 Å². The highest BCUT2D eigenvalue weighted by molar-refractivity contribution is 4.84. The third kappa shape index (κ3) is 4.10. The van der Waals surface area contributed by atoms with Crippen molar-refractivity contribution in [2.45, 2.75) is 31.2 Å². The summed E-state index contributed by atoms with van der Waals surface area (Å²) in [6, 6.07) is 0.407. The molecule has 7 heteroatoms. The zero-order chi connectivity index (χ0) is 13.8. The Hall–Kier alpha value is -0.760. The van der Waals surface area contributed by atoms with E-state index >= 15 is 0 Å². The molecule has 19 heavy (non-hydrogen) atoms. The van der Waals surface area contributed by atoms with Gasteiger partial charge < -0.3 is 9.64 Å². The number of piperidine rings is 1. The molecule has 3 unspecified atom stereocenters. The Balaban J connectivity index is 1.80. The Morgan fingerprint density at radius 2 is 2.26 bits per heavy atom. The van der Waals surface area contributed by atoms with Crippen LogP contribution in [-0.4, -0.2) is 79.9 Å². The molecule has 0 spiro atoms. The number of nitro groups is 1. The molecule has 2 aliphatic heterocycles. The second kappa shape index (κ2) is 6.60. The Morgan fingerprint density at radius 3 is 2.84 bits per heavy atom. The van der Waals surface area contributed by atoms with E-state index < -0.39 is 6.17 Å². The predicted octanol–water partition coefficient (Wildman–Crippen LogP) is -0.396. The van der Waals surface area contributed by atoms with Gasteiger partial charge in [-0.2, -0.15) is 0 Å². The largest absolute Gasteiger partial charge is 0.374 e. The average Bonchev–Trinajstić information content (AvgIpc) is 2.38. The van der Waals surface area contributed by atoms with E-state index in [2.05, 4.69) is 15.1 Å². The zero-order valence-electron chi connectivity index (χ0n) is 11.7. The van der Waals surface area contributed by atoms with Crippen LogP contribution in [0.15, 0.2) is 0 Å². The van der Waals surface area contributed by atoms with Gasteiger partial charge in [-0.25, -0.2) is 0 Å². The molecule has 0 aromatic rings. The molecule has 0 aromatic carbocycles. The van der Waals surface area contributed by atoms with Gasteiger partial charge in [-0.05, 0) is 20.5 Å². The van der Waals surface area contributed by atoms with Crippen LogP contribution in [0.4, 0.5) is 0 Å². The summed E-state index contributed by atoms with van der Waals surface area (Å²) in [5.74, 6) is 0. The van der Waals surface area contributed by atoms with E-state index in [1.807, 2.05) is 14.1 Å². The second-order valence-electron chi connectivity index (χ2n) is 5.69. The Labute approximate surface area is 114 Å². The highest BCUT2D eigenvalue weighted by Crippen LogP contribution is 2.17. The molecule has 0 bridgehead atoms. The number of morpholine rings is 1. The highest BCUT2D eigenvalue weighted by Gasteiger charge is 2.33. The summed E-state index contributed by atoms with van der Waals surface area (Å²) in [6.45, 7) is 4.25. The van der Waals surface area contributed by atoms with E-state index in [1.165, 1.54) is 0 Å². The lowest BCUT2D eigenvalue weighted by Gasteiger charge is -2.40. The summed E-state index contributed by atoms with van der Waals surface area (Å²) in [6.07, 6.45) is 1.20. The smallest absolute Gasteiger partial charge is 0.266 e. The molecule has 1 N–H and O–H groups in total. The van der Waals surface area contributed by atoms with E-state index in [0.29, 0.717) is 19.0 Å². The molecule has 0 aromatic heterocycles. The fourth-order valence-electron chi connectivity index (χ4n) is 2.91. The number of hydrogen-bond acceptors (Lipinski definition) is 6. The summed E-state index contributed by atoms with van der Waals surface area (Å²) < 4.78 is 5.76. The van der Waals surface area contributed by atoms with Crippen LogP contribution in [0.5, 0.6) is 0 Å². The van der Waals surface area contributed by atoms with Crippen molar-refractivity contribution in [3.05, 3.63) is 10.1 Å². The monoisotopic (exact) mass is 272 g/mol. The fraction of sp³-hybridized carbons (Fsp3) is 1.00. The molecule has 3 atom stereocenters. The molecule has 2 aliphatic rings. The van der Waals surface area contributed by atoms with Gasteiger partial charge in [0, 0.05) is 43.6 Å². The van der Waals surface area contributed by atoms with E-state index in [0.717, 1.165) is 32.7 Å². The molecule has 0 amide bonds. The maximum atomic E-state index is 10.7. The van der Waals surface area contributed by atoms with Crippen molar-refractivity contribution < 1.29 is 9.66 Å². The van der Waals surface area contributed by atoms with Crippen LogP contribution in [0.1, 0.15) is 12.8 Å². The number of hydrogen-bond donors (Lipinski definition) is 1. The average molecular weight is 272 g/mol. The van der Waals surface area contributed by atoms with Gasteiger partial charge in [0.1, 0.15) is 0 Å². The lowest BCUT2D eigenvalue weighted by molar-refractivity contribution is -0.532. The van der Waals surface area contributed by atoms with Crippen LogP contribution in [0, 0.1) is 10.1 Å². The van der Waals surface area contributed by atoms with Gasteiger partial charge in [0.25, 0.3) is 6.17 Å². The SMILES string of the molecule is CN(C)CC1CN(C2CCC([N+](=O)[O-])NC2)CCO1. The first-order valence-corrected chi connectivity index (χ1v) is 6.93. The van der Waals surface area contributed by atoms with E-state index in [1.54, 1.807) is 0 Å². The molecule has 7 nitrogen and oxygen atoms in total. The number of nitrogens with one attached hydrogen (secondary N) is 1. The predicted molar refractivity (Wildman–Crippen MR) is 71.7 cm³/mol. The molecule has 0 aliphatic carbocycles. The summed E-state index contributed by atoms with van der Waals surface area (Å²) in [7, 11) is 4.10. The highest BCUT2D eigenvalue weighted by atomic mass is 16.6. The molecule has 2 heterocycles. The second-order valence-corrected chi connectivity index (χ2v) is 5.69. The summed E-state index contributed by atoms with van der Waals surface area (Å²) in [5.41, 5.74) is 0. The van der Waals surface area contributed by atoms with E-state index in [-0.39, 0.29) is 11.0 Å². The van der Waals surface area contributed by atoms with Crippen LogP contribution < -0.4 is 5.32 Å². The van der Waals surface area contributed by atoms with E-state index in [4.69, 9.17) is 4.74 Å². The lowest BCUT2D eigenvalue weighted by atomic mass is 10.0. The molecule has 0 saturated carbocycles. The van der Waals surface area contributed by atoms with Gasteiger partial charge in [0.05, 0.1) is 12.7 Å². The van der Waals surface area contributed by atoms with Gasteiger partial charge in [0.2, 0.25) is 0 Å². The Morgan fingerprint density at radius 1 is 1.47 bits per heavy atom. The minimum Gasteiger partial charge on any atom is -0.374 e. The first-order valence-electron chi connectivity index (χ1n) is 6.93. The van der Waals surface area contributed by atoms with Crippen molar-refractivity contribution in [1.82, 2.24) is 15.1 Å². The van der Waals surface area contributed by atoms with Crippen molar-refractivity contribution in [1.29, 1.82) is 0 Å². The third-order valence-electron chi connectivity index (χ3n) is 3.87. The van der Waals surface area contributed by atoms with Crippen LogP contribution in [0.25, 0.3) is 0 Å². The quantitative estimate of drug-likeness (QED) is 0.555.